The summed E-state index contributed by atoms with van der Waals surface area (Å²) in [7, 11) is 0. The molecule has 80 valence electrons. The van der Waals surface area contributed by atoms with Gasteiger partial charge in [0.05, 0.1) is 6.04 Å². The van der Waals surface area contributed by atoms with Crippen molar-refractivity contribution in [1.29, 1.82) is 0 Å². The van der Waals surface area contributed by atoms with E-state index >= 15 is 0 Å². The van der Waals surface area contributed by atoms with Gasteiger partial charge in [-0.15, -0.1) is 0 Å². The van der Waals surface area contributed by atoms with E-state index in [-0.39, 0.29) is 17.9 Å². The van der Waals surface area contributed by atoms with E-state index in [0.717, 1.165) is 0 Å². The maximum absolute atomic E-state index is 10.9. The molecule has 0 fully saturated rings. The molecule has 0 saturated heterocycles. The quantitative estimate of drug-likeness (QED) is 0.274. The monoisotopic (exact) mass is 199 g/mol. The number of nitrogens with zero attached hydrogens (tertiary/aromatic N) is 3. The molecule has 0 aliphatic rings. The van der Waals surface area contributed by atoms with Crippen LogP contribution in [0.2, 0.25) is 0 Å². The van der Waals surface area contributed by atoms with E-state index in [1.54, 1.807) is 0 Å². The fourth-order valence-electron chi connectivity index (χ4n) is 1.12. The van der Waals surface area contributed by atoms with Crippen molar-refractivity contribution in [3.63, 3.8) is 0 Å². The second-order valence-electron chi connectivity index (χ2n) is 3.39. The molecule has 0 heterocycles. The van der Waals surface area contributed by atoms with Crippen LogP contribution >= 0.6 is 0 Å². The van der Waals surface area contributed by atoms with E-state index in [9.17, 15) is 4.79 Å². The number of primary amides is 1. The predicted octanol–water partition coefficient (Wildman–Crippen LogP) is 0.786. The lowest BCUT2D eigenvalue weighted by Gasteiger charge is -2.18. The normalized spacial score (nSPS) is 12.2. The van der Waals surface area contributed by atoms with E-state index in [1.807, 2.05) is 13.8 Å². The second-order valence-corrected chi connectivity index (χ2v) is 3.39. The molecule has 0 spiro atoms. The van der Waals surface area contributed by atoms with Crippen LogP contribution < -0.4 is 11.1 Å². The van der Waals surface area contributed by atoms with E-state index in [2.05, 4.69) is 15.3 Å². The van der Waals surface area contributed by atoms with Crippen LogP contribution in [0.3, 0.4) is 0 Å². The summed E-state index contributed by atoms with van der Waals surface area (Å²) in [5.41, 5.74) is 13.2. The van der Waals surface area contributed by atoms with Gasteiger partial charge in [0.15, 0.2) is 0 Å². The highest BCUT2D eigenvalue weighted by molar-refractivity contribution is 5.80. The van der Waals surface area contributed by atoms with Crippen molar-refractivity contribution in [2.24, 2.45) is 16.8 Å². The molecule has 0 aromatic heterocycles. The zero-order valence-electron chi connectivity index (χ0n) is 8.60. The first kappa shape index (κ1) is 12.7. The first-order valence-electron chi connectivity index (χ1n) is 4.63. The number of hydrogen-bond donors (Lipinski definition) is 2. The Morgan fingerprint density at radius 1 is 1.64 bits per heavy atom. The Hall–Kier alpha value is -1.26. The smallest absolute Gasteiger partial charge is 0.234 e. The topological polar surface area (TPSA) is 104 Å². The zero-order chi connectivity index (χ0) is 11.0. The van der Waals surface area contributed by atoms with Crippen LogP contribution in [-0.2, 0) is 4.79 Å². The Morgan fingerprint density at radius 2 is 2.29 bits per heavy atom. The Kier molecular flexibility index (Phi) is 6.53. The number of amides is 1. The lowest BCUT2D eigenvalue weighted by atomic mass is 10.0. The number of azide groups is 1. The number of hydrogen-bond acceptors (Lipinski definition) is 3. The van der Waals surface area contributed by atoms with E-state index < -0.39 is 0 Å². The molecule has 0 aliphatic carbocycles. The Morgan fingerprint density at radius 3 is 2.71 bits per heavy atom. The minimum absolute atomic E-state index is 0.173. The van der Waals surface area contributed by atoms with Crippen LogP contribution in [-0.4, -0.2) is 25.0 Å². The van der Waals surface area contributed by atoms with Crippen molar-refractivity contribution in [3.05, 3.63) is 10.4 Å². The van der Waals surface area contributed by atoms with Crippen LogP contribution in [0.5, 0.6) is 0 Å². The number of carbonyl (C=O) groups excluding carboxylic acids is 1. The molecule has 1 unspecified atom stereocenters. The minimum atomic E-state index is -0.344. The van der Waals surface area contributed by atoms with Gasteiger partial charge in [-0.25, -0.2) is 0 Å². The van der Waals surface area contributed by atoms with Gasteiger partial charge in [-0.2, -0.15) is 0 Å². The predicted molar refractivity (Wildman–Crippen MR) is 54.5 cm³/mol. The van der Waals surface area contributed by atoms with Gasteiger partial charge in [0.25, 0.3) is 0 Å². The molecular weight excluding hydrogens is 182 g/mol. The molecular formula is C8H17N5O. The highest BCUT2D eigenvalue weighted by Crippen LogP contribution is 2.00. The van der Waals surface area contributed by atoms with Gasteiger partial charge in [0, 0.05) is 11.5 Å². The highest BCUT2D eigenvalue weighted by Gasteiger charge is 2.17. The fourth-order valence-corrected chi connectivity index (χ4v) is 1.12. The fraction of sp³-hybridized carbons (Fsp3) is 0.875. The third kappa shape index (κ3) is 5.40. The second kappa shape index (κ2) is 7.17. The van der Waals surface area contributed by atoms with Crippen LogP contribution in [0.1, 0.15) is 20.3 Å². The molecule has 0 rings (SSSR count). The average Bonchev–Trinajstić information content (AvgIpc) is 2.09. The molecule has 6 heteroatoms. The van der Waals surface area contributed by atoms with Gasteiger partial charge in [0.2, 0.25) is 5.91 Å². The van der Waals surface area contributed by atoms with Crippen molar-refractivity contribution in [2.45, 2.75) is 26.3 Å². The van der Waals surface area contributed by atoms with Gasteiger partial charge < -0.3 is 11.1 Å². The summed E-state index contributed by atoms with van der Waals surface area (Å²) < 4.78 is 0. The minimum Gasteiger partial charge on any atom is -0.368 e. The van der Waals surface area contributed by atoms with E-state index in [0.29, 0.717) is 19.5 Å². The standard InChI is InChI=1S/C8H17N5O/c1-6(2)7(8(9)14)11-4-3-5-12-13-10/h6-7,11H,3-5H2,1-2H3,(H2,9,14). The maximum Gasteiger partial charge on any atom is 0.234 e. The van der Waals surface area contributed by atoms with Gasteiger partial charge >= 0.3 is 0 Å². The number of nitrogens with one attached hydrogen (secondary N) is 1. The molecule has 6 nitrogen and oxygen atoms in total. The number of carbonyl (C=O) groups is 1. The molecule has 14 heavy (non-hydrogen) atoms. The molecule has 3 N–H and O–H groups in total. The van der Waals surface area contributed by atoms with E-state index in [1.165, 1.54) is 0 Å². The van der Waals surface area contributed by atoms with Gasteiger partial charge in [0.1, 0.15) is 0 Å². The molecule has 0 aromatic rings. The van der Waals surface area contributed by atoms with Crippen LogP contribution in [0.25, 0.3) is 10.4 Å². The summed E-state index contributed by atoms with van der Waals surface area (Å²) >= 11 is 0. The van der Waals surface area contributed by atoms with Gasteiger partial charge in [-0.3, -0.25) is 4.79 Å². The summed E-state index contributed by atoms with van der Waals surface area (Å²) in [5.74, 6) is -0.171. The number of rotatable bonds is 7. The largest absolute Gasteiger partial charge is 0.368 e. The Labute approximate surface area is 83.5 Å². The zero-order valence-corrected chi connectivity index (χ0v) is 8.60. The Bertz CT molecular complexity index is 222. The van der Waals surface area contributed by atoms with Crippen LogP contribution in [0.15, 0.2) is 5.11 Å². The summed E-state index contributed by atoms with van der Waals surface area (Å²) in [6.45, 7) is 4.92. The maximum atomic E-state index is 10.9. The van der Waals surface area contributed by atoms with Crippen LogP contribution in [0.4, 0.5) is 0 Å². The average molecular weight is 199 g/mol. The van der Waals surface area contributed by atoms with Crippen molar-refractivity contribution in [1.82, 2.24) is 5.32 Å². The summed E-state index contributed by atoms with van der Waals surface area (Å²) in [4.78, 5) is 13.6. The first-order valence-corrected chi connectivity index (χ1v) is 4.63. The summed E-state index contributed by atoms with van der Waals surface area (Å²) in [5, 5.41) is 6.40. The van der Waals surface area contributed by atoms with Crippen molar-refractivity contribution in [3.8, 4) is 0 Å². The molecule has 1 amide bonds. The highest BCUT2D eigenvalue weighted by atomic mass is 16.1. The molecule has 0 bridgehead atoms. The third-order valence-corrected chi connectivity index (χ3v) is 1.84. The molecule has 0 saturated carbocycles. The summed E-state index contributed by atoms with van der Waals surface area (Å²) in [6.07, 6.45) is 0.709. The SMILES string of the molecule is CC(C)C(NCCCN=[N+]=[N-])C(N)=O. The van der Waals surface area contributed by atoms with Crippen molar-refractivity contribution < 1.29 is 4.79 Å². The first-order chi connectivity index (χ1) is 6.59. The lowest BCUT2D eigenvalue weighted by molar-refractivity contribution is -0.120. The van der Waals surface area contributed by atoms with Gasteiger partial charge in [-0.05, 0) is 24.4 Å². The summed E-state index contributed by atoms with van der Waals surface area (Å²) in [6, 6.07) is -0.305. The van der Waals surface area contributed by atoms with Crippen LogP contribution in [0, 0.1) is 5.92 Å². The molecule has 0 aliphatic heterocycles. The van der Waals surface area contributed by atoms with E-state index in [4.69, 9.17) is 11.3 Å². The number of nitrogens with two attached hydrogens (primary N) is 1. The molecule has 0 aromatic carbocycles. The van der Waals surface area contributed by atoms with Gasteiger partial charge in [-0.1, -0.05) is 19.0 Å². The van der Waals surface area contributed by atoms with Crippen molar-refractivity contribution in [2.75, 3.05) is 13.1 Å². The lowest BCUT2D eigenvalue weighted by Crippen LogP contribution is -2.45. The molecule has 1 atom stereocenters. The Balaban J connectivity index is 3.72. The molecule has 0 radical (unpaired) electrons. The van der Waals surface area contributed by atoms with Crippen molar-refractivity contribution >= 4 is 5.91 Å². The third-order valence-electron chi connectivity index (χ3n) is 1.84.